The minimum atomic E-state index is -0.307. The average molecular weight is 488 g/mol. The number of aromatic nitrogens is 2. The van der Waals surface area contributed by atoms with Crippen LogP contribution < -0.4 is 19.5 Å². The Morgan fingerprint density at radius 2 is 1.75 bits per heavy atom. The minimum absolute atomic E-state index is 0.208. The molecule has 0 aliphatic heterocycles. The van der Waals surface area contributed by atoms with Gasteiger partial charge in [-0.1, -0.05) is 24.3 Å². The highest BCUT2D eigenvalue weighted by Crippen LogP contribution is 2.28. The highest BCUT2D eigenvalue weighted by Gasteiger charge is 2.20. The van der Waals surface area contributed by atoms with Crippen molar-refractivity contribution in [3.05, 3.63) is 83.2 Å². The number of hydrogen-bond acceptors (Lipinski definition) is 5. The Morgan fingerprint density at radius 3 is 2.53 bits per heavy atom. The molecule has 3 aromatic carbocycles. The summed E-state index contributed by atoms with van der Waals surface area (Å²) in [7, 11) is 3.12. The van der Waals surface area contributed by atoms with Crippen LogP contribution in [0.15, 0.2) is 60.7 Å². The number of ether oxygens (including phenoxy) is 3. The standard InChI is InChI=1S/C29H33N3O4/c1-19-11-12-20(2)26(17-19)36-16-8-15-32-24-10-7-6-9-23(24)31-28(32)21(3)30-29(33)22-13-14-25(34-4)27(18-22)35-5/h6-7,9-14,17-18,21H,8,15-16H2,1-5H3,(H,30,33). The Bertz CT molecular complexity index is 1360. The van der Waals surface area contributed by atoms with Crippen LogP contribution in [0.2, 0.25) is 0 Å². The first kappa shape index (κ1) is 25.1. The van der Waals surface area contributed by atoms with E-state index in [4.69, 9.17) is 19.2 Å². The quantitative estimate of drug-likeness (QED) is 0.294. The number of hydrogen-bond donors (Lipinski definition) is 1. The van der Waals surface area contributed by atoms with Gasteiger partial charge in [-0.2, -0.15) is 0 Å². The summed E-state index contributed by atoms with van der Waals surface area (Å²) in [4.78, 5) is 17.9. The first-order valence-corrected chi connectivity index (χ1v) is 12.1. The molecule has 0 bridgehead atoms. The van der Waals surface area contributed by atoms with Crippen LogP contribution in [-0.4, -0.2) is 36.3 Å². The number of para-hydroxylation sites is 2. The second-order valence-electron chi connectivity index (χ2n) is 8.85. The Balaban J connectivity index is 1.49. The predicted molar refractivity (Wildman–Crippen MR) is 141 cm³/mol. The van der Waals surface area contributed by atoms with Crippen LogP contribution in [0.3, 0.4) is 0 Å². The van der Waals surface area contributed by atoms with Crippen LogP contribution in [0.25, 0.3) is 11.0 Å². The molecule has 1 atom stereocenters. The maximum atomic E-state index is 13.0. The number of amides is 1. The fraction of sp³-hybridized carbons (Fsp3) is 0.310. The Morgan fingerprint density at radius 1 is 0.972 bits per heavy atom. The summed E-state index contributed by atoms with van der Waals surface area (Å²) in [6.45, 7) is 7.37. The van der Waals surface area contributed by atoms with Gasteiger partial charge in [0.1, 0.15) is 11.6 Å². The Hall–Kier alpha value is -4.00. The molecule has 0 spiro atoms. The molecule has 0 aliphatic carbocycles. The second kappa shape index (κ2) is 11.2. The molecule has 0 saturated carbocycles. The molecule has 1 heterocycles. The fourth-order valence-electron chi connectivity index (χ4n) is 4.25. The minimum Gasteiger partial charge on any atom is -0.493 e. The van der Waals surface area contributed by atoms with Crippen molar-refractivity contribution < 1.29 is 19.0 Å². The van der Waals surface area contributed by atoms with Gasteiger partial charge in [-0.25, -0.2) is 4.98 Å². The van der Waals surface area contributed by atoms with Gasteiger partial charge < -0.3 is 24.1 Å². The predicted octanol–water partition coefficient (Wildman–Crippen LogP) is 5.63. The van der Waals surface area contributed by atoms with E-state index in [1.165, 1.54) is 5.56 Å². The van der Waals surface area contributed by atoms with Gasteiger partial charge in [-0.05, 0) is 74.7 Å². The van der Waals surface area contributed by atoms with Crippen LogP contribution in [0.5, 0.6) is 17.2 Å². The van der Waals surface area contributed by atoms with Gasteiger partial charge in [0.15, 0.2) is 11.5 Å². The molecular formula is C29H33N3O4. The molecule has 0 fully saturated rings. The van der Waals surface area contributed by atoms with E-state index < -0.39 is 0 Å². The topological polar surface area (TPSA) is 74.6 Å². The highest BCUT2D eigenvalue weighted by atomic mass is 16.5. The summed E-state index contributed by atoms with van der Waals surface area (Å²) in [6, 6.07) is 19.1. The van der Waals surface area contributed by atoms with E-state index in [0.717, 1.165) is 41.1 Å². The lowest BCUT2D eigenvalue weighted by Crippen LogP contribution is -2.29. The van der Waals surface area contributed by atoms with Crippen LogP contribution in [-0.2, 0) is 6.54 Å². The van der Waals surface area contributed by atoms with Crippen molar-refractivity contribution in [3.8, 4) is 17.2 Å². The van der Waals surface area contributed by atoms with E-state index in [1.54, 1.807) is 32.4 Å². The maximum Gasteiger partial charge on any atom is 0.251 e. The smallest absolute Gasteiger partial charge is 0.251 e. The molecule has 1 amide bonds. The van der Waals surface area contributed by atoms with Crippen molar-refractivity contribution in [1.82, 2.24) is 14.9 Å². The number of fused-ring (bicyclic) bond motifs is 1. The zero-order chi connectivity index (χ0) is 25.7. The van der Waals surface area contributed by atoms with Crippen molar-refractivity contribution in [1.29, 1.82) is 0 Å². The number of carbonyl (C=O) groups excluding carboxylic acids is 1. The number of benzene rings is 3. The molecule has 4 rings (SSSR count). The van der Waals surface area contributed by atoms with E-state index in [0.29, 0.717) is 23.7 Å². The molecule has 36 heavy (non-hydrogen) atoms. The third kappa shape index (κ3) is 5.46. The number of nitrogens with one attached hydrogen (secondary N) is 1. The number of imidazole rings is 1. The van der Waals surface area contributed by atoms with Gasteiger partial charge >= 0.3 is 0 Å². The summed E-state index contributed by atoms with van der Waals surface area (Å²) in [5.74, 6) is 2.60. The van der Waals surface area contributed by atoms with Gasteiger partial charge in [0.05, 0.1) is 37.9 Å². The van der Waals surface area contributed by atoms with E-state index in [-0.39, 0.29) is 11.9 Å². The van der Waals surface area contributed by atoms with Crippen LogP contribution in [0, 0.1) is 13.8 Å². The van der Waals surface area contributed by atoms with Gasteiger partial charge in [-0.15, -0.1) is 0 Å². The van der Waals surface area contributed by atoms with E-state index in [2.05, 4.69) is 48.0 Å². The molecule has 7 heteroatoms. The summed E-state index contributed by atoms with van der Waals surface area (Å²) in [5, 5.41) is 3.08. The summed E-state index contributed by atoms with van der Waals surface area (Å²) in [5.41, 5.74) is 4.73. The number of nitrogens with zero attached hydrogens (tertiary/aromatic N) is 2. The van der Waals surface area contributed by atoms with E-state index in [1.807, 2.05) is 25.1 Å². The van der Waals surface area contributed by atoms with Gasteiger partial charge in [0.25, 0.3) is 5.91 Å². The lowest BCUT2D eigenvalue weighted by Gasteiger charge is -2.17. The molecule has 1 N–H and O–H groups in total. The molecule has 1 aromatic heterocycles. The SMILES string of the molecule is COc1ccc(C(=O)NC(C)c2nc3ccccc3n2CCCOc2cc(C)ccc2C)cc1OC. The largest absolute Gasteiger partial charge is 0.493 e. The lowest BCUT2D eigenvalue weighted by molar-refractivity contribution is 0.0937. The average Bonchev–Trinajstić information content (AvgIpc) is 3.26. The first-order valence-electron chi connectivity index (χ1n) is 12.1. The lowest BCUT2D eigenvalue weighted by atomic mass is 10.1. The highest BCUT2D eigenvalue weighted by molar-refractivity contribution is 5.95. The third-order valence-corrected chi connectivity index (χ3v) is 6.19. The summed E-state index contributed by atoms with van der Waals surface area (Å²) in [6.07, 6.45) is 0.803. The van der Waals surface area contributed by atoms with Crippen LogP contribution >= 0.6 is 0 Å². The van der Waals surface area contributed by atoms with Crippen molar-refractivity contribution in [3.63, 3.8) is 0 Å². The Labute approximate surface area is 212 Å². The molecule has 0 saturated heterocycles. The fourth-order valence-corrected chi connectivity index (χ4v) is 4.25. The molecule has 1 unspecified atom stereocenters. The zero-order valence-corrected chi connectivity index (χ0v) is 21.5. The third-order valence-electron chi connectivity index (χ3n) is 6.19. The molecule has 7 nitrogen and oxygen atoms in total. The maximum absolute atomic E-state index is 13.0. The van der Waals surface area contributed by atoms with Crippen molar-refractivity contribution >= 4 is 16.9 Å². The summed E-state index contributed by atoms with van der Waals surface area (Å²) >= 11 is 0. The normalized spacial score (nSPS) is 11.8. The second-order valence-corrected chi connectivity index (χ2v) is 8.85. The van der Waals surface area contributed by atoms with Gasteiger partial charge in [0, 0.05) is 12.1 Å². The molecule has 4 aromatic rings. The molecular weight excluding hydrogens is 454 g/mol. The van der Waals surface area contributed by atoms with Crippen molar-refractivity contribution in [2.24, 2.45) is 0 Å². The monoisotopic (exact) mass is 487 g/mol. The number of rotatable bonds is 10. The Kier molecular flexibility index (Phi) is 7.78. The van der Waals surface area contributed by atoms with Crippen LogP contribution in [0.1, 0.15) is 46.7 Å². The molecule has 0 aliphatic rings. The molecule has 188 valence electrons. The van der Waals surface area contributed by atoms with Gasteiger partial charge in [-0.3, -0.25) is 4.79 Å². The van der Waals surface area contributed by atoms with E-state index in [9.17, 15) is 4.79 Å². The number of methoxy groups -OCH3 is 2. The first-order chi connectivity index (χ1) is 17.4. The van der Waals surface area contributed by atoms with Crippen LogP contribution in [0.4, 0.5) is 0 Å². The van der Waals surface area contributed by atoms with Crippen molar-refractivity contribution in [2.45, 2.75) is 39.8 Å². The summed E-state index contributed by atoms with van der Waals surface area (Å²) < 4.78 is 18.9. The van der Waals surface area contributed by atoms with Crippen molar-refractivity contribution in [2.75, 3.05) is 20.8 Å². The van der Waals surface area contributed by atoms with Gasteiger partial charge in [0.2, 0.25) is 0 Å². The van der Waals surface area contributed by atoms with E-state index >= 15 is 0 Å². The number of aryl methyl sites for hydroxylation is 3. The zero-order valence-electron chi connectivity index (χ0n) is 21.5. The number of carbonyl (C=O) groups is 1. The molecule has 0 radical (unpaired) electrons.